The summed E-state index contributed by atoms with van der Waals surface area (Å²) in [6.07, 6.45) is 0.559. The summed E-state index contributed by atoms with van der Waals surface area (Å²) in [6, 6.07) is 9.23. The summed E-state index contributed by atoms with van der Waals surface area (Å²) >= 11 is 0. The largest absolute Gasteiger partial charge is 0.493 e. The minimum absolute atomic E-state index is 0.207. The van der Waals surface area contributed by atoms with E-state index in [0.29, 0.717) is 23.7 Å². The van der Waals surface area contributed by atoms with Gasteiger partial charge in [-0.25, -0.2) is 4.79 Å². The lowest BCUT2D eigenvalue weighted by molar-refractivity contribution is 0.0745. The van der Waals surface area contributed by atoms with Crippen molar-refractivity contribution >= 4 is 16.3 Å². The smallest absolute Gasteiger partial charge is 0.382 e. The Kier molecular flexibility index (Phi) is 8.95. The van der Waals surface area contributed by atoms with Crippen LogP contribution in [0.3, 0.4) is 0 Å². The lowest BCUT2D eigenvalue weighted by Crippen LogP contribution is -2.45. The van der Waals surface area contributed by atoms with Gasteiger partial charge in [0.05, 0.1) is 26.9 Å². The van der Waals surface area contributed by atoms with Crippen LogP contribution in [0, 0.1) is 0 Å². The Hall–Kier alpha value is -2.86. The maximum absolute atomic E-state index is 12.1. The first-order valence-electron chi connectivity index (χ1n) is 11.3. The molecule has 0 bridgehead atoms. The Morgan fingerprint density at radius 2 is 1.51 bits per heavy atom. The molecule has 3 rings (SSSR count). The Balaban J connectivity index is 1.61. The van der Waals surface area contributed by atoms with Crippen molar-refractivity contribution in [2.75, 3.05) is 47.5 Å². The highest BCUT2D eigenvalue weighted by Crippen LogP contribution is 2.40. The van der Waals surface area contributed by atoms with Gasteiger partial charge in [0.1, 0.15) is 0 Å². The van der Waals surface area contributed by atoms with E-state index in [4.69, 9.17) is 19.3 Å². The predicted octanol–water partition coefficient (Wildman–Crippen LogP) is 1.95. The van der Waals surface area contributed by atoms with Crippen molar-refractivity contribution in [1.82, 2.24) is 9.80 Å². The Morgan fingerprint density at radius 1 is 0.886 bits per heavy atom. The molecule has 1 saturated heterocycles. The average Bonchev–Trinajstić information content (AvgIpc) is 2.83. The Morgan fingerprint density at radius 3 is 2.06 bits per heavy atom. The third-order valence-electron chi connectivity index (χ3n) is 6.01. The molecule has 0 spiro atoms. The number of nitrogens with two attached hydrogens (primary N) is 1. The van der Waals surface area contributed by atoms with Gasteiger partial charge in [-0.05, 0) is 29.7 Å². The lowest BCUT2D eigenvalue weighted by atomic mass is 10.0. The van der Waals surface area contributed by atoms with Gasteiger partial charge in [0.25, 0.3) is 0 Å². The van der Waals surface area contributed by atoms with Crippen molar-refractivity contribution < 1.29 is 31.6 Å². The van der Waals surface area contributed by atoms with E-state index in [2.05, 4.69) is 14.0 Å². The van der Waals surface area contributed by atoms with E-state index in [1.54, 1.807) is 27.4 Å². The molecule has 192 valence electrons. The van der Waals surface area contributed by atoms with Crippen LogP contribution >= 0.6 is 0 Å². The number of benzene rings is 2. The average molecular weight is 508 g/mol. The summed E-state index contributed by atoms with van der Waals surface area (Å²) in [7, 11) is 0.476. The highest BCUT2D eigenvalue weighted by Gasteiger charge is 2.22. The van der Waals surface area contributed by atoms with Crippen LogP contribution in [0.1, 0.15) is 34.0 Å². The number of carbonyl (C=O) groups is 1. The first-order chi connectivity index (χ1) is 16.7. The molecule has 1 fully saturated rings. The maximum atomic E-state index is 12.1. The van der Waals surface area contributed by atoms with Crippen LogP contribution in [0.4, 0.5) is 0 Å². The topological polar surface area (TPSA) is 121 Å². The minimum atomic E-state index is -4.35. The van der Waals surface area contributed by atoms with Crippen molar-refractivity contribution in [3.05, 3.63) is 52.6 Å². The molecule has 11 heteroatoms. The van der Waals surface area contributed by atoms with Crippen LogP contribution in [0.15, 0.2) is 30.3 Å². The molecule has 35 heavy (non-hydrogen) atoms. The first-order valence-corrected chi connectivity index (χ1v) is 12.8. The molecule has 0 aliphatic carbocycles. The number of nitrogens with zero attached hydrogens (tertiary/aromatic N) is 2. The van der Waals surface area contributed by atoms with Crippen LogP contribution < -0.4 is 19.3 Å². The van der Waals surface area contributed by atoms with Gasteiger partial charge in [0, 0.05) is 44.8 Å². The zero-order chi connectivity index (χ0) is 25.6. The number of hydrogen-bond acceptors (Lipinski definition) is 9. The number of rotatable bonds is 10. The van der Waals surface area contributed by atoms with Gasteiger partial charge < -0.3 is 18.4 Å². The molecule has 1 heterocycles. The summed E-state index contributed by atoms with van der Waals surface area (Å²) in [5.41, 5.74) is 3.01. The minimum Gasteiger partial charge on any atom is -0.493 e. The summed E-state index contributed by atoms with van der Waals surface area (Å²) in [5, 5.41) is 4.82. The first kappa shape index (κ1) is 26.7. The van der Waals surface area contributed by atoms with E-state index < -0.39 is 16.3 Å². The Labute approximate surface area is 206 Å². The second-order valence-electron chi connectivity index (χ2n) is 8.25. The van der Waals surface area contributed by atoms with Crippen molar-refractivity contribution in [2.45, 2.75) is 26.4 Å². The van der Waals surface area contributed by atoms with Gasteiger partial charge in [0.15, 0.2) is 11.5 Å². The number of aryl methyl sites for hydroxylation is 1. The number of methoxy groups -OCH3 is 3. The number of ether oxygens (including phenoxy) is 3. The van der Waals surface area contributed by atoms with Gasteiger partial charge in [0.2, 0.25) is 5.75 Å². The van der Waals surface area contributed by atoms with E-state index in [0.717, 1.165) is 56.0 Å². The Bertz CT molecular complexity index is 1150. The molecule has 0 atom stereocenters. The summed E-state index contributed by atoms with van der Waals surface area (Å²) < 4.78 is 43.0. The van der Waals surface area contributed by atoms with Gasteiger partial charge in [-0.1, -0.05) is 25.1 Å². The van der Waals surface area contributed by atoms with E-state index in [1.807, 2.05) is 31.2 Å². The standard InChI is InChI=1S/C24H33N3O7S/c1-5-18-14-17(6-8-20(18)24(28)34-35(25,29)30)15-26-10-12-27(13-11-26)16-19-7-9-21(31-2)23(33-4)22(19)32-3/h6-9,14H,5,10-13,15-16H2,1-4H3,(H2,25,29,30). The molecule has 2 aromatic rings. The molecule has 0 unspecified atom stereocenters. The predicted molar refractivity (Wildman–Crippen MR) is 131 cm³/mol. The SMILES string of the molecule is CCc1cc(CN2CCN(Cc3ccc(OC)c(OC)c3OC)CC2)ccc1C(=O)OS(N)(=O)=O. The van der Waals surface area contributed by atoms with Crippen LogP contribution in [0.25, 0.3) is 0 Å². The highest BCUT2D eigenvalue weighted by atomic mass is 32.2. The third-order valence-corrected chi connectivity index (χ3v) is 6.40. The molecule has 0 amide bonds. The number of hydrogen-bond donors (Lipinski definition) is 1. The zero-order valence-corrected chi connectivity index (χ0v) is 21.4. The summed E-state index contributed by atoms with van der Waals surface area (Å²) in [5.74, 6) is 0.945. The molecule has 1 aliphatic heterocycles. The van der Waals surface area contributed by atoms with Crippen LogP contribution in [-0.4, -0.2) is 71.7 Å². The number of piperazine rings is 1. The molecular formula is C24H33N3O7S. The molecule has 0 saturated carbocycles. The zero-order valence-electron chi connectivity index (χ0n) is 20.6. The van der Waals surface area contributed by atoms with Crippen LogP contribution in [-0.2, 0) is 34.0 Å². The van der Waals surface area contributed by atoms with Gasteiger partial charge in [-0.3, -0.25) is 9.80 Å². The molecular weight excluding hydrogens is 474 g/mol. The summed E-state index contributed by atoms with van der Waals surface area (Å²) in [6.45, 7) is 6.89. The molecule has 0 radical (unpaired) electrons. The van der Waals surface area contributed by atoms with E-state index in [9.17, 15) is 13.2 Å². The second kappa shape index (κ2) is 11.7. The fraction of sp³-hybridized carbons (Fsp3) is 0.458. The highest BCUT2D eigenvalue weighted by molar-refractivity contribution is 7.84. The number of carbonyl (C=O) groups excluding carboxylic acids is 1. The van der Waals surface area contributed by atoms with Crippen molar-refractivity contribution in [3.63, 3.8) is 0 Å². The summed E-state index contributed by atoms with van der Waals surface area (Å²) in [4.78, 5) is 16.8. The van der Waals surface area contributed by atoms with Gasteiger partial charge >= 0.3 is 16.3 Å². The molecule has 10 nitrogen and oxygen atoms in total. The van der Waals surface area contributed by atoms with E-state index >= 15 is 0 Å². The quantitative estimate of drug-likeness (QED) is 0.514. The van der Waals surface area contributed by atoms with Crippen molar-refractivity contribution in [3.8, 4) is 17.2 Å². The van der Waals surface area contributed by atoms with Crippen LogP contribution in [0.5, 0.6) is 17.2 Å². The van der Waals surface area contributed by atoms with Gasteiger partial charge in [-0.15, -0.1) is 0 Å². The normalized spacial score (nSPS) is 15.0. The fourth-order valence-electron chi connectivity index (χ4n) is 4.28. The fourth-order valence-corrected chi connectivity index (χ4v) is 4.58. The van der Waals surface area contributed by atoms with Crippen molar-refractivity contribution in [1.29, 1.82) is 0 Å². The molecule has 0 aromatic heterocycles. The second-order valence-corrected chi connectivity index (χ2v) is 9.41. The van der Waals surface area contributed by atoms with Crippen LogP contribution in [0.2, 0.25) is 0 Å². The van der Waals surface area contributed by atoms with Gasteiger partial charge in [-0.2, -0.15) is 13.6 Å². The monoisotopic (exact) mass is 507 g/mol. The molecule has 2 N–H and O–H groups in total. The van der Waals surface area contributed by atoms with E-state index in [-0.39, 0.29) is 5.56 Å². The molecule has 2 aromatic carbocycles. The van der Waals surface area contributed by atoms with Crippen molar-refractivity contribution in [2.24, 2.45) is 5.14 Å². The van der Waals surface area contributed by atoms with E-state index in [1.165, 1.54) is 0 Å². The molecule has 1 aliphatic rings. The lowest BCUT2D eigenvalue weighted by Gasteiger charge is -2.35. The maximum Gasteiger partial charge on any atom is 0.382 e. The third kappa shape index (κ3) is 6.85.